The Hall–Kier alpha value is -0.660. The van der Waals surface area contributed by atoms with Crippen molar-refractivity contribution in [3.05, 3.63) is 0 Å². The molecule has 0 radical (unpaired) electrons. The number of hydrogen-bond donors (Lipinski definition) is 2. The van der Waals surface area contributed by atoms with E-state index in [9.17, 15) is 18.3 Å². The van der Waals surface area contributed by atoms with Gasteiger partial charge < -0.3 is 10.0 Å². The van der Waals surface area contributed by atoms with Crippen LogP contribution in [0.25, 0.3) is 0 Å². The molecule has 0 aromatic heterocycles. The number of likely N-dealkylation sites (tertiary alicyclic amines) is 1. The minimum absolute atomic E-state index is 0.0665. The number of rotatable bonds is 5. The van der Waals surface area contributed by atoms with E-state index in [1.54, 1.807) is 4.90 Å². The minimum atomic E-state index is -3.24. The first kappa shape index (κ1) is 13.8. The van der Waals surface area contributed by atoms with Crippen molar-refractivity contribution in [2.24, 2.45) is 0 Å². The summed E-state index contributed by atoms with van der Waals surface area (Å²) in [5, 5.41) is 10.1. The molecule has 0 bridgehead atoms. The summed E-state index contributed by atoms with van der Waals surface area (Å²) >= 11 is 0. The average molecular weight is 276 g/mol. The van der Waals surface area contributed by atoms with Crippen molar-refractivity contribution in [1.29, 1.82) is 0 Å². The summed E-state index contributed by atoms with van der Waals surface area (Å²) in [6, 6.07) is -0.0665. The summed E-state index contributed by atoms with van der Waals surface area (Å²) in [6.07, 6.45) is 4.52. The third-order valence-corrected chi connectivity index (χ3v) is 4.39. The SMILES string of the molecule is CS(=O)(=O)NCCC(=O)N1CCCC1C1(O)CC1. The van der Waals surface area contributed by atoms with E-state index in [1.165, 1.54) is 0 Å². The van der Waals surface area contributed by atoms with Crippen LogP contribution in [0.15, 0.2) is 0 Å². The standard InChI is InChI=1S/C11H20N2O4S/c1-18(16,17)12-7-4-10(14)13-8-2-3-9(13)11(15)5-6-11/h9,12,15H,2-8H2,1H3. The quantitative estimate of drug-likeness (QED) is 0.705. The lowest BCUT2D eigenvalue weighted by Gasteiger charge is -2.28. The van der Waals surface area contributed by atoms with Gasteiger partial charge in [-0.25, -0.2) is 13.1 Å². The van der Waals surface area contributed by atoms with Crippen LogP contribution in [0, 0.1) is 0 Å². The molecular formula is C11H20N2O4S. The molecule has 0 aromatic carbocycles. The predicted molar refractivity (Wildman–Crippen MR) is 66.4 cm³/mol. The van der Waals surface area contributed by atoms with Crippen LogP contribution in [0.5, 0.6) is 0 Å². The van der Waals surface area contributed by atoms with Crippen molar-refractivity contribution >= 4 is 15.9 Å². The molecule has 2 N–H and O–H groups in total. The van der Waals surface area contributed by atoms with E-state index in [4.69, 9.17) is 0 Å². The van der Waals surface area contributed by atoms with Crippen LogP contribution in [0.1, 0.15) is 32.1 Å². The summed E-state index contributed by atoms with van der Waals surface area (Å²) in [7, 11) is -3.24. The molecule has 1 unspecified atom stereocenters. The average Bonchev–Trinajstić information content (AvgIpc) is 2.80. The van der Waals surface area contributed by atoms with Gasteiger partial charge in [-0.05, 0) is 25.7 Å². The molecule has 1 saturated heterocycles. The summed E-state index contributed by atoms with van der Waals surface area (Å²) in [5.74, 6) is -0.0750. The number of carbonyl (C=O) groups excluding carboxylic acids is 1. The molecule has 1 aliphatic carbocycles. The van der Waals surface area contributed by atoms with Gasteiger partial charge >= 0.3 is 0 Å². The van der Waals surface area contributed by atoms with Gasteiger partial charge in [-0.2, -0.15) is 0 Å². The topological polar surface area (TPSA) is 86.7 Å². The molecule has 1 aliphatic heterocycles. The van der Waals surface area contributed by atoms with Crippen molar-refractivity contribution in [3.8, 4) is 0 Å². The van der Waals surface area contributed by atoms with Gasteiger partial charge in [-0.3, -0.25) is 4.79 Å². The Kier molecular flexibility index (Phi) is 3.66. The number of aliphatic hydroxyl groups is 1. The fourth-order valence-electron chi connectivity index (χ4n) is 2.57. The second-order valence-electron chi connectivity index (χ2n) is 5.27. The van der Waals surface area contributed by atoms with E-state index in [2.05, 4.69) is 4.72 Å². The van der Waals surface area contributed by atoms with Crippen molar-refractivity contribution in [2.75, 3.05) is 19.3 Å². The van der Waals surface area contributed by atoms with Gasteiger partial charge in [-0.1, -0.05) is 0 Å². The van der Waals surface area contributed by atoms with Gasteiger partial charge in [0.1, 0.15) is 0 Å². The molecule has 0 spiro atoms. The number of amides is 1. The normalized spacial score (nSPS) is 26.3. The van der Waals surface area contributed by atoms with E-state index in [1.807, 2.05) is 0 Å². The smallest absolute Gasteiger partial charge is 0.224 e. The maximum atomic E-state index is 12.0. The number of sulfonamides is 1. The number of hydrogen-bond acceptors (Lipinski definition) is 4. The van der Waals surface area contributed by atoms with E-state index < -0.39 is 15.6 Å². The van der Waals surface area contributed by atoms with E-state index >= 15 is 0 Å². The fourth-order valence-corrected chi connectivity index (χ4v) is 3.05. The van der Waals surface area contributed by atoms with E-state index in [-0.39, 0.29) is 24.9 Å². The molecule has 1 amide bonds. The molecule has 2 rings (SSSR count). The second-order valence-corrected chi connectivity index (χ2v) is 7.10. The van der Waals surface area contributed by atoms with Crippen LogP contribution in [0.2, 0.25) is 0 Å². The fraction of sp³-hybridized carbons (Fsp3) is 0.909. The van der Waals surface area contributed by atoms with Crippen LogP contribution in [0.3, 0.4) is 0 Å². The number of nitrogens with one attached hydrogen (secondary N) is 1. The zero-order valence-corrected chi connectivity index (χ0v) is 11.4. The molecule has 7 heteroatoms. The van der Waals surface area contributed by atoms with Crippen molar-refractivity contribution in [3.63, 3.8) is 0 Å². The van der Waals surface area contributed by atoms with Gasteiger partial charge in [-0.15, -0.1) is 0 Å². The van der Waals surface area contributed by atoms with Crippen LogP contribution in [-0.4, -0.2) is 55.3 Å². The van der Waals surface area contributed by atoms with Gasteiger partial charge in [0.2, 0.25) is 15.9 Å². The highest BCUT2D eigenvalue weighted by Gasteiger charge is 2.52. The van der Waals surface area contributed by atoms with Gasteiger partial charge in [0.25, 0.3) is 0 Å². The maximum absolute atomic E-state index is 12.0. The first-order valence-electron chi connectivity index (χ1n) is 6.28. The molecule has 104 valence electrons. The zero-order valence-electron chi connectivity index (χ0n) is 10.6. The molecule has 1 saturated carbocycles. The monoisotopic (exact) mass is 276 g/mol. The molecule has 0 aromatic rings. The van der Waals surface area contributed by atoms with Crippen molar-refractivity contribution < 1.29 is 18.3 Å². The molecule has 2 aliphatic rings. The molecular weight excluding hydrogens is 256 g/mol. The van der Waals surface area contributed by atoms with E-state index in [0.29, 0.717) is 6.54 Å². The first-order chi connectivity index (χ1) is 8.32. The largest absolute Gasteiger partial charge is 0.388 e. The Morgan fingerprint density at radius 1 is 1.50 bits per heavy atom. The second kappa shape index (κ2) is 4.79. The van der Waals surface area contributed by atoms with Crippen molar-refractivity contribution in [1.82, 2.24) is 9.62 Å². The number of nitrogens with zero attached hydrogens (tertiary/aromatic N) is 1. The van der Waals surface area contributed by atoms with Gasteiger partial charge in [0.05, 0.1) is 17.9 Å². The zero-order chi connectivity index (χ0) is 13.4. The summed E-state index contributed by atoms with van der Waals surface area (Å²) in [6.45, 7) is 0.796. The highest BCUT2D eigenvalue weighted by atomic mass is 32.2. The predicted octanol–water partition coefficient (Wildman–Crippen LogP) is -0.558. The highest BCUT2D eigenvalue weighted by molar-refractivity contribution is 7.88. The minimum Gasteiger partial charge on any atom is -0.388 e. The summed E-state index contributed by atoms with van der Waals surface area (Å²) in [5.41, 5.74) is -0.670. The van der Waals surface area contributed by atoms with Crippen LogP contribution >= 0.6 is 0 Å². The summed E-state index contributed by atoms with van der Waals surface area (Å²) in [4.78, 5) is 13.7. The number of carbonyl (C=O) groups is 1. The Morgan fingerprint density at radius 2 is 2.17 bits per heavy atom. The highest BCUT2D eigenvalue weighted by Crippen LogP contribution is 2.44. The molecule has 18 heavy (non-hydrogen) atoms. The van der Waals surface area contributed by atoms with Crippen LogP contribution in [0.4, 0.5) is 0 Å². The van der Waals surface area contributed by atoms with Crippen LogP contribution in [-0.2, 0) is 14.8 Å². The first-order valence-corrected chi connectivity index (χ1v) is 8.17. The lowest BCUT2D eigenvalue weighted by atomic mass is 10.1. The van der Waals surface area contributed by atoms with E-state index in [0.717, 1.165) is 31.9 Å². The molecule has 2 fully saturated rings. The summed E-state index contributed by atoms with van der Waals surface area (Å²) < 4.78 is 24.1. The van der Waals surface area contributed by atoms with Crippen molar-refractivity contribution in [2.45, 2.75) is 43.7 Å². The molecule has 1 heterocycles. The Morgan fingerprint density at radius 3 is 2.72 bits per heavy atom. The lowest BCUT2D eigenvalue weighted by molar-refractivity contribution is -0.134. The Bertz CT molecular complexity index is 430. The maximum Gasteiger partial charge on any atom is 0.224 e. The molecule has 1 atom stereocenters. The van der Waals surface area contributed by atoms with Gasteiger partial charge in [0.15, 0.2) is 0 Å². The Balaban J connectivity index is 1.85. The lowest BCUT2D eigenvalue weighted by Crippen LogP contribution is -2.44. The third kappa shape index (κ3) is 3.21. The molecule has 6 nitrogen and oxygen atoms in total. The Labute approximate surface area is 107 Å². The van der Waals surface area contributed by atoms with Gasteiger partial charge in [0, 0.05) is 19.5 Å². The third-order valence-electron chi connectivity index (χ3n) is 3.66. The van der Waals surface area contributed by atoms with Crippen LogP contribution < -0.4 is 4.72 Å².